The van der Waals surface area contributed by atoms with Crippen LogP contribution in [0.4, 0.5) is 24.5 Å². The molecule has 3 aromatic rings. The van der Waals surface area contributed by atoms with Crippen LogP contribution in [0.2, 0.25) is 0 Å². The highest BCUT2D eigenvalue weighted by molar-refractivity contribution is 5.94. The summed E-state index contributed by atoms with van der Waals surface area (Å²) < 4.78 is 52.7. The summed E-state index contributed by atoms with van der Waals surface area (Å²) in [5.74, 6) is 5.98. The van der Waals surface area contributed by atoms with Crippen molar-refractivity contribution < 1.29 is 22.6 Å². The number of nitrogens with one attached hydrogen (secondary N) is 2. The number of fused-ring (bicyclic) bond motifs is 1. The van der Waals surface area contributed by atoms with Gasteiger partial charge in [-0.3, -0.25) is 0 Å². The smallest absolute Gasteiger partial charge is 0.382 e. The molecule has 0 spiro atoms. The molecule has 0 atom stereocenters. The molecular weight excluding hydrogens is 567 g/mol. The number of halogens is 4. The predicted octanol–water partition coefficient (Wildman–Crippen LogP) is 5.13. The van der Waals surface area contributed by atoms with E-state index in [1.807, 2.05) is 30.3 Å². The first-order valence-electron chi connectivity index (χ1n) is 14.1. The Hall–Kier alpha value is -2.94. The molecule has 1 aromatic heterocycles. The van der Waals surface area contributed by atoms with Crippen molar-refractivity contribution in [3.63, 3.8) is 0 Å². The molecule has 2 heterocycles. The van der Waals surface area contributed by atoms with Gasteiger partial charge < -0.3 is 35.3 Å². The van der Waals surface area contributed by atoms with Gasteiger partial charge in [-0.05, 0) is 81.2 Å². The fourth-order valence-electron chi connectivity index (χ4n) is 4.90. The van der Waals surface area contributed by atoms with E-state index in [-0.39, 0.29) is 12.4 Å². The number of hydrogen-bond acceptors (Lipinski definition) is 6. The number of aromatic nitrogens is 1. The molecule has 4 N–H and O–H groups in total. The van der Waals surface area contributed by atoms with Crippen LogP contribution in [0.1, 0.15) is 24.1 Å². The molecule has 7 nitrogen and oxygen atoms in total. The van der Waals surface area contributed by atoms with Crippen molar-refractivity contribution in [2.75, 3.05) is 70.3 Å². The van der Waals surface area contributed by atoms with Crippen LogP contribution in [0, 0.1) is 11.8 Å². The number of hydrogen-bond donors (Lipinski definition) is 3. The van der Waals surface area contributed by atoms with Crippen LogP contribution in [0.25, 0.3) is 10.9 Å². The molecule has 42 heavy (non-hydrogen) atoms. The van der Waals surface area contributed by atoms with Gasteiger partial charge in [-0.1, -0.05) is 24.1 Å². The molecule has 0 radical (unpaired) electrons. The Balaban J connectivity index is 0.00000484. The molecule has 1 saturated heterocycles. The number of anilines is 2. The van der Waals surface area contributed by atoms with Crippen LogP contribution in [-0.2, 0) is 22.4 Å². The number of alkyl halides is 3. The third kappa shape index (κ3) is 10.4. The molecule has 11 heteroatoms. The van der Waals surface area contributed by atoms with E-state index >= 15 is 0 Å². The van der Waals surface area contributed by atoms with Gasteiger partial charge in [0.2, 0.25) is 0 Å². The van der Waals surface area contributed by atoms with Crippen LogP contribution < -0.4 is 16.4 Å². The van der Waals surface area contributed by atoms with E-state index in [2.05, 4.69) is 34.4 Å². The van der Waals surface area contributed by atoms with Crippen molar-refractivity contribution >= 4 is 34.7 Å². The van der Waals surface area contributed by atoms with Crippen molar-refractivity contribution in [2.24, 2.45) is 5.73 Å². The van der Waals surface area contributed by atoms with Crippen LogP contribution in [0.5, 0.6) is 0 Å². The van der Waals surface area contributed by atoms with Crippen LogP contribution in [0.15, 0.2) is 48.5 Å². The molecule has 1 aliphatic heterocycles. The predicted molar refractivity (Wildman–Crippen MR) is 166 cm³/mol. The highest BCUT2D eigenvalue weighted by Gasteiger charge is 2.30. The van der Waals surface area contributed by atoms with Gasteiger partial charge in [-0.2, -0.15) is 13.2 Å². The normalized spacial score (nSPS) is 14.3. The first-order chi connectivity index (χ1) is 19.8. The van der Waals surface area contributed by atoms with Gasteiger partial charge in [0, 0.05) is 29.3 Å². The summed E-state index contributed by atoms with van der Waals surface area (Å²) in [6.45, 7) is 3.93. The second-order valence-corrected chi connectivity index (χ2v) is 10.3. The quantitative estimate of drug-likeness (QED) is 0.185. The Morgan fingerprint density at radius 3 is 2.40 bits per heavy atom. The summed E-state index contributed by atoms with van der Waals surface area (Å²) in [6.07, 6.45) is -1.58. The van der Waals surface area contributed by atoms with Gasteiger partial charge in [-0.15, -0.1) is 12.4 Å². The van der Waals surface area contributed by atoms with E-state index in [9.17, 15) is 13.2 Å². The molecule has 0 bridgehead atoms. The van der Waals surface area contributed by atoms with Gasteiger partial charge in [0.15, 0.2) is 0 Å². The van der Waals surface area contributed by atoms with Crippen molar-refractivity contribution in [3.8, 4) is 11.8 Å². The maximum Gasteiger partial charge on any atom is 0.406 e. The lowest BCUT2D eigenvalue weighted by atomic mass is 10.0. The topological polar surface area (TPSA) is 76.7 Å². The molecule has 4 rings (SSSR count). The monoisotopic (exact) mass is 607 g/mol. The van der Waals surface area contributed by atoms with Crippen molar-refractivity contribution in [1.29, 1.82) is 0 Å². The number of likely N-dealkylation sites (tertiary alicyclic amines) is 1. The van der Waals surface area contributed by atoms with Gasteiger partial charge in [0.05, 0.1) is 44.2 Å². The lowest BCUT2D eigenvalue weighted by Crippen LogP contribution is -2.36. The number of benzene rings is 2. The van der Waals surface area contributed by atoms with Crippen molar-refractivity contribution in [2.45, 2.75) is 38.0 Å². The van der Waals surface area contributed by atoms with Gasteiger partial charge >= 0.3 is 6.18 Å². The van der Waals surface area contributed by atoms with E-state index < -0.39 is 12.7 Å². The zero-order valence-corrected chi connectivity index (χ0v) is 24.8. The maximum atomic E-state index is 13.5. The number of piperidine rings is 1. The lowest BCUT2D eigenvalue weighted by Gasteiger charge is -2.30. The van der Waals surface area contributed by atoms with Gasteiger partial charge in [-0.25, -0.2) is 0 Å². The number of nitrogens with two attached hydrogens (primary N) is 1. The number of ether oxygens (including phenoxy) is 2. The van der Waals surface area contributed by atoms with E-state index in [4.69, 9.17) is 15.2 Å². The summed E-state index contributed by atoms with van der Waals surface area (Å²) in [7, 11) is 2.10. The molecule has 0 aliphatic carbocycles. The van der Waals surface area contributed by atoms with E-state index in [1.54, 1.807) is 18.2 Å². The van der Waals surface area contributed by atoms with E-state index in [0.717, 1.165) is 54.7 Å². The van der Waals surface area contributed by atoms with Crippen LogP contribution in [-0.4, -0.2) is 81.3 Å². The highest BCUT2D eigenvalue weighted by Crippen LogP contribution is 2.31. The zero-order valence-electron chi connectivity index (χ0n) is 24.0. The first kappa shape index (κ1) is 33.6. The molecular formula is C31H41ClF3N5O2. The summed E-state index contributed by atoms with van der Waals surface area (Å²) in [4.78, 5) is 2.29. The first-order valence-corrected chi connectivity index (χ1v) is 14.1. The van der Waals surface area contributed by atoms with Gasteiger partial charge in [0.25, 0.3) is 0 Å². The largest absolute Gasteiger partial charge is 0.406 e. The molecule has 1 fully saturated rings. The van der Waals surface area contributed by atoms with Crippen molar-refractivity contribution in [1.82, 2.24) is 9.47 Å². The average molecular weight is 608 g/mol. The highest BCUT2D eigenvalue weighted by atomic mass is 35.5. The minimum absolute atomic E-state index is 0. The molecule has 0 unspecified atom stereocenters. The minimum atomic E-state index is -4.36. The van der Waals surface area contributed by atoms with Crippen LogP contribution >= 0.6 is 12.4 Å². The summed E-state index contributed by atoms with van der Waals surface area (Å²) in [5, 5.41) is 7.56. The minimum Gasteiger partial charge on any atom is -0.382 e. The Morgan fingerprint density at radius 2 is 1.71 bits per heavy atom. The Morgan fingerprint density at radius 1 is 1.00 bits per heavy atom. The molecule has 0 saturated carbocycles. The Bertz CT molecular complexity index is 1300. The second-order valence-electron chi connectivity index (χ2n) is 10.3. The second kappa shape index (κ2) is 16.6. The molecule has 230 valence electrons. The summed E-state index contributed by atoms with van der Waals surface area (Å²) in [6, 6.07) is 15.5. The number of rotatable bonds is 13. The third-order valence-corrected chi connectivity index (χ3v) is 7.08. The van der Waals surface area contributed by atoms with Crippen LogP contribution in [0.3, 0.4) is 0 Å². The molecule has 0 amide bonds. The SMILES string of the molecule is CN1CCC(Nc2cccc3c2cc(C#CCNc2ccc(CCOCCOCCN)cc2)n3CC(F)(F)F)CC1.Cl. The van der Waals surface area contributed by atoms with Gasteiger partial charge in [0.1, 0.15) is 6.54 Å². The molecule has 2 aromatic carbocycles. The summed E-state index contributed by atoms with van der Waals surface area (Å²) >= 11 is 0. The summed E-state index contributed by atoms with van der Waals surface area (Å²) in [5.41, 5.74) is 9.14. The number of nitrogens with zero attached hydrogens (tertiary/aromatic N) is 2. The Kier molecular flexibility index (Phi) is 13.3. The standard InChI is InChI=1S/C31H40F3N5O2.ClH/c1-38-16-11-26(12-17-38)37-29-5-2-6-30-28(29)22-27(39(30)23-31(32,33)34)4-3-15-36-25-9-7-24(8-10-25)13-18-40-20-21-41-19-14-35;/h2,5-10,22,26,36-37H,11-21,23,35H2,1H3;1H. The van der Waals surface area contributed by atoms with E-state index in [0.29, 0.717) is 56.8 Å². The third-order valence-electron chi connectivity index (χ3n) is 7.08. The average Bonchev–Trinajstić information content (AvgIpc) is 3.29. The maximum absolute atomic E-state index is 13.5. The lowest BCUT2D eigenvalue weighted by molar-refractivity contribution is -0.140. The molecule has 1 aliphatic rings. The van der Waals surface area contributed by atoms with E-state index in [1.165, 1.54) is 4.57 Å². The fraction of sp³-hybridized carbons (Fsp3) is 0.484. The Labute approximate surface area is 252 Å². The van der Waals surface area contributed by atoms with Crippen molar-refractivity contribution in [3.05, 3.63) is 59.8 Å². The zero-order chi connectivity index (χ0) is 29.1. The fourth-order valence-corrected chi connectivity index (χ4v) is 4.90.